The van der Waals surface area contributed by atoms with Gasteiger partial charge in [-0.25, -0.2) is 4.99 Å². The Morgan fingerprint density at radius 2 is 1.44 bits per heavy atom. The van der Waals surface area contributed by atoms with Gasteiger partial charge in [0.2, 0.25) is 5.90 Å². The molecule has 0 saturated heterocycles. The molecule has 3 aromatic carbocycles. The van der Waals surface area contributed by atoms with E-state index in [1.54, 1.807) is 0 Å². The summed E-state index contributed by atoms with van der Waals surface area (Å²) in [7, 11) is -0.691. The minimum absolute atomic E-state index is 0.167. The smallest absolute Gasteiger partial charge is 0.217 e. The van der Waals surface area contributed by atoms with E-state index in [-0.39, 0.29) is 5.54 Å². The summed E-state index contributed by atoms with van der Waals surface area (Å²) < 4.78 is 6.02. The first kappa shape index (κ1) is 17.9. The SMILES string of the molecule is Cc1ccc(C2=NC(C)(C)CO2)c(P(c2ccccc2)c2ccccc2)c1. The van der Waals surface area contributed by atoms with Crippen molar-refractivity contribution in [3.63, 3.8) is 0 Å². The van der Waals surface area contributed by atoms with Gasteiger partial charge in [0, 0.05) is 5.56 Å². The van der Waals surface area contributed by atoms with E-state index in [0.29, 0.717) is 6.61 Å². The molecule has 0 aliphatic carbocycles. The van der Waals surface area contributed by atoms with Crippen LogP contribution in [0.4, 0.5) is 0 Å². The average molecular weight is 373 g/mol. The van der Waals surface area contributed by atoms with Crippen molar-refractivity contribution in [3.8, 4) is 0 Å². The van der Waals surface area contributed by atoms with Crippen LogP contribution in [0.1, 0.15) is 25.0 Å². The molecule has 27 heavy (non-hydrogen) atoms. The molecule has 2 nitrogen and oxygen atoms in total. The van der Waals surface area contributed by atoms with Gasteiger partial charge >= 0.3 is 0 Å². The van der Waals surface area contributed by atoms with Gasteiger partial charge in [0.05, 0.1) is 5.54 Å². The van der Waals surface area contributed by atoms with Gasteiger partial charge in [-0.15, -0.1) is 0 Å². The van der Waals surface area contributed by atoms with Crippen LogP contribution in [0, 0.1) is 6.92 Å². The highest BCUT2D eigenvalue weighted by Crippen LogP contribution is 2.35. The Morgan fingerprint density at radius 3 is 1.96 bits per heavy atom. The molecule has 0 spiro atoms. The van der Waals surface area contributed by atoms with Crippen LogP contribution >= 0.6 is 7.92 Å². The third kappa shape index (κ3) is 3.82. The van der Waals surface area contributed by atoms with Gasteiger partial charge in [-0.05, 0) is 50.7 Å². The number of benzene rings is 3. The maximum atomic E-state index is 6.02. The molecule has 0 aromatic heterocycles. The number of rotatable bonds is 4. The summed E-state index contributed by atoms with van der Waals surface area (Å²) in [5.74, 6) is 0.773. The molecule has 0 unspecified atom stereocenters. The molecule has 4 rings (SSSR count). The zero-order valence-electron chi connectivity index (χ0n) is 16.0. The summed E-state index contributed by atoms with van der Waals surface area (Å²) in [6.07, 6.45) is 0. The van der Waals surface area contributed by atoms with Crippen molar-refractivity contribution in [1.29, 1.82) is 0 Å². The summed E-state index contributed by atoms with van der Waals surface area (Å²) in [4.78, 5) is 4.86. The molecule has 1 aliphatic heterocycles. The standard InChI is InChI=1S/C24H24NOP/c1-18-14-15-21(23-25-24(2,3)17-26-23)22(16-18)27(19-10-6-4-7-11-19)20-12-8-5-9-13-20/h4-16H,17H2,1-3H3. The average Bonchev–Trinajstić information content (AvgIpc) is 3.03. The Labute approximate surface area is 162 Å². The molecule has 0 saturated carbocycles. The Kier molecular flexibility index (Phi) is 4.85. The Bertz CT molecular complexity index is 925. The number of ether oxygens (including phenoxy) is 1. The molecule has 3 aromatic rings. The van der Waals surface area contributed by atoms with E-state index in [1.165, 1.54) is 21.5 Å². The van der Waals surface area contributed by atoms with Crippen molar-refractivity contribution >= 4 is 29.7 Å². The van der Waals surface area contributed by atoms with Crippen molar-refractivity contribution in [2.24, 2.45) is 4.99 Å². The fraction of sp³-hybridized carbons (Fsp3) is 0.208. The number of hydrogen-bond donors (Lipinski definition) is 0. The predicted octanol–water partition coefficient (Wildman–Crippen LogP) is 4.31. The fourth-order valence-corrected chi connectivity index (χ4v) is 5.85. The lowest BCUT2D eigenvalue weighted by Crippen LogP contribution is -2.25. The van der Waals surface area contributed by atoms with Crippen LogP contribution in [-0.4, -0.2) is 18.0 Å². The molecule has 1 heterocycles. The van der Waals surface area contributed by atoms with Crippen molar-refractivity contribution in [3.05, 3.63) is 90.0 Å². The van der Waals surface area contributed by atoms with Crippen LogP contribution in [0.2, 0.25) is 0 Å². The van der Waals surface area contributed by atoms with Gasteiger partial charge in [-0.2, -0.15) is 0 Å². The maximum absolute atomic E-state index is 6.02. The Morgan fingerprint density at radius 1 is 0.852 bits per heavy atom. The van der Waals surface area contributed by atoms with Crippen molar-refractivity contribution < 1.29 is 4.74 Å². The van der Waals surface area contributed by atoms with Crippen LogP contribution in [-0.2, 0) is 4.74 Å². The first-order valence-electron chi connectivity index (χ1n) is 9.27. The highest BCUT2D eigenvalue weighted by molar-refractivity contribution is 7.80. The lowest BCUT2D eigenvalue weighted by atomic mass is 10.1. The second-order valence-corrected chi connectivity index (χ2v) is 9.73. The number of aliphatic imine (C=N–C) groups is 1. The van der Waals surface area contributed by atoms with Gasteiger partial charge < -0.3 is 4.74 Å². The van der Waals surface area contributed by atoms with Gasteiger partial charge in [-0.1, -0.05) is 78.4 Å². The first-order valence-corrected chi connectivity index (χ1v) is 10.6. The Hall–Kier alpha value is -2.44. The summed E-state index contributed by atoms with van der Waals surface area (Å²) in [5.41, 5.74) is 2.20. The van der Waals surface area contributed by atoms with E-state index in [9.17, 15) is 0 Å². The summed E-state index contributed by atoms with van der Waals surface area (Å²) in [5, 5.41) is 3.98. The van der Waals surface area contributed by atoms with Crippen molar-refractivity contribution in [1.82, 2.24) is 0 Å². The fourth-order valence-electron chi connectivity index (χ4n) is 3.31. The quantitative estimate of drug-likeness (QED) is 0.625. The van der Waals surface area contributed by atoms with Crippen LogP contribution < -0.4 is 15.9 Å². The summed E-state index contributed by atoms with van der Waals surface area (Å²) in [6.45, 7) is 7.01. The van der Waals surface area contributed by atoms with Crippen molar-refractivity contribution in [2.45, 2.75) is 26.3 Å². The number of hydrogen-bond acceptors (Lipinski definition) is 2. The van der Waals surface area contributed by atoms with Crippen molar-refractivity contribution in [2.75, 3.05) is 6.61 Å². The monoisotopic (exact) mass is 373 g/mol. The molecular formula is C24H24NOP. The van der Waals surface area contributed by atoms with Gasteiger partial charge in [0.25, 0.3) is 0 Å². The van der Waals surface area contributed by atoms with E-state index in [2.05, 4.69) is 99.6 Å². The molecule has 0 amide bonds. The Balaban J connectivity index is 1.92. The highest BCUT2D eigenvalue weighted by Gasteiger charge is 2.30. The lowest BCUT2D eigenvalue weighted by Gasteiger charge is -2.22. The van der Waals surface area contributed by atoms with E-state index in [4.69, 9.17) is 9.73 Å². The molecule has 0 bridgehead atoms. The van der Waals surface area contributed by atoms with E-state index >= 15 is 0 Å². The van der Waals surface area contributed by atoms with Crippen LogP contribution in [0.25, 0.3) is 0 Å². The maximum Gasteiger partial charge on any atom is 0.217 e. The summed E-state index contributed by atoms with van der Waals surface area (Å²) >= 11 is 0. The molecule has 1 aliphatic rings. The van der Waals surface area contributed by atoms with Gasteiger partial charge in [-0.3, -0.25) is 0 Å². The normalized spacial score (nSPS) is 15.5. The second-order valence-electron chi connectivity index (χ2n) is 7.55. The topological polar surface area (TPSA) is 21.6 Å². The molecule has 0 radical (unpaired) electrons. The number of aryl methyl sites for hydroxylation is 1. The molecular weight excluding hydrogens is 349 g/mol. The molecule has 0 N–H and O–H groups in total. The zero-order chi connectivity index (χ0) is 18.9. The zero-order valence-corrected chi connectivity index (χ0v) is 16.9. The highest BCUT2D eigenvalue weighted by atomic mass is 31.1. The van der Waals surface area contributed by atoms with Crippen LogP contribution in [0.3, 0.4) is 0 Å². The van der Waals surface area contributed by atoms with Crippen LogP contribution in [0.5, 0.6) is 0 Å². The largest absolute Gasteiger partial charge is 0.475 e. The third-order valence-corrected chi connectivity index (χ3v) is 7.10. The van der Waals surface area contributed by atoms with E-state index < -0.39 is 7.92 Å². The molecule has 0 fully saturated rings. The van der Waals surface area contributed by atoms with Gasteiger partial charge in [0.15, 0.2) is 0 Å². The third-order valence-electron chi connectivity index (χ3n) is 4.62. The van der Waals surface area contributed by atoms with Gasteiger partial charge in [0.1, 0.15) is 6.61 Å². The second kappa shape index (κ2) is 7.29. The van der Waals surface area contributed by atoms with E-state index in [1.807, 2.05) is 0 Å². The minimum Gasteiger partial charge on any atom is -0.475 e. The van der Waals surface area contributed by atoms with E-state index in [0.717, 1.165) is 11.5 Å². The molecule has 136 valence electrons. The first-order chi connectivity index (χ1) is 13.0. The predicted molar refractivity (Wildman–Crippen MR) is 116 cm³/mol. The molecule has 3 heteroatoms. The lowest BCUT2D eigenvalue weighted by molar-refractivity contribution is 0.279. The number of nitrogens with zero attached hydrogens (tertiary/aromatic N) is 1. The summed E-state index contributed by atoms with van der Waals surface area (Å²) in [6, 6.07) is 28.2. The molecule has 0 atom stereocenters. The van der Waals surface area contributed by atoms with Crippen LogP contribution in [0.15, 0.2) is 83.9 Å². The minimum atomic E-state index is -0.691.